The summed E-state index contributed by atoms with van der Waals surface area (Å²) in [6.45, 7) is 0. The number of rotatable bonds is 5. The van der Waals surface area contributed by atoms with Crippen LogP contribution in [0.1, 0.15) is 0 Å². The van der Waals surface area contributed by atoms with Gasteiger partial charge in [-0.3, -0.25) is 0 Å². The lowest BCUT2D eigenvalue weighted by Gasteiger charge is -2.15. The molecule has 33 heavy (non-hydrogen) atoms. The van der Waals surface area contributed by atoms with Crippen molar-refractivity contribution in [3.05, 3.63) is 90.0 Å². The van der Waals surface area contributed by atoms with E-state index in [9.17, 15) is 9.59 Å². The third-order valence-electron chi connectivity index (χ3n) is 4.47. The molecule has 7 nitrogen and oxygen atoms in total. The molecule has 0 spiro atoms. The zero-order valence-electron chi connectivity index (χ0n) is 17.3. The maximum atomic E-state index is 12.4. The van der Waals surface area contributed by atoms with E-state index in [0.717, 1.165) is 0 Å². The van der Waals surface area contributed by atoms with Crippen LogP contribution in [0.4, 0.5) is 9.59 Å². The standard InChI is InChI=1S/C25H17ClO7/c1-29-22-15-21(32-24(27)30-17-8-4-2-5-9-17)20-14-16(26)12-13-19(20)23(22)33-25(28)31-18-10-6-3-7-11-18/h2-15H,1H3. The zero-order valence-corrected chi connectivity index (χ0v) is 18.1. The molecule has 0 radical (unpaired) electrons. The number of carbonyl (C=O) groups excluding carboxylic acids is 2. The smallest absolute Gasteiger partial charge is 0.493 e. The molecule has 0 aliphatic heterocycles. The van der Waals surface area contributed by atoms with Crippen LogP contribution in [0, 0.1) is 0 Å². The van der Waals surface area contributed by atoms with Crippen LogP contribution < -0.4 is 23.7 Å². The Morgan fingerprint density at radius 3 is 1.79 bits per heavy atom. The van der Waals surface area contributed by atoms with Crippen LogP contribution in [-0.2, 0) is 0 Å². The van der Waals surface area contributed by atoms with Gasteiger partial charge in [0.05, 0.1) is 7.11 Å². The minimum atomic E-state index is -0.965. The van der Waals surface area contributed by atoms with E-state index in [1.165, 1.54) is 13.2 Å². The van der Waals surface area contributed by atoms with Crippen LogP contribution in [0.5, 0.6) is 28.7 Å². The molecule has 4 rings (SSSR count). The highest BCUT2D eigenvalue weighted by Crippen LogP contribution is 2.43. The Labute approximate surface area is 194 Å². The predicted molar refractivity (Wildman–Crippen MR) is 122 cm³/mol. The number of hydrogen-bond donors (Lipinski definition) is 0. The van der Waals surface area contributed by atoms with Gasteiger partial charge in [-0.25, -0.2) is 9.59 Å². The number of halogens is 1. The molecule has 8 heteroatoms. The highest BCUT2D eigenvalue weighted by atomic mass is 35.5. The van der Waals surface area contributed by atoms with E-state index in [1.54, 1.807) is 78.9 Å². The van der Waals surface area contributed by atoms with Crippen molar-refractivity contribution in [3.63, 3.8) is 0 Å². The molecule has 0 amide bonds. The van der Waals surface area contributed by atoms with Crippen LogP contribution in [0.3, 0.4) is 0 Å². The normalized spacial score (nSPS) is 10.4. The van der Waals surface area contributed by atoms with E-state index in [4.69, 9.17) is 35.3 Å². The summed E-state index contributed by atoms with van der Waals surface area (Å²) >= 11 is 6.16. The second-order valence-electron chi connectivity index (χ2n) is 6.63. The first-order chi connectivity index (χ1) is 16.0. The maximum Gasteiger partial charge on any atom is 0.519 e. The third-order valence-corrected chi connectivity index (χ3v) is 4.70. The van der Waals surface area contributed by atoms with Crippen molar-refractivity contribution in [1.82, 2.24) is 0 Å². The summed E-state index contributed by atoms with van der Waals surface area (Å²) in [5, 5.41) is 1.19. The van der Waals surface area contributed by atoms with Crippen LogP contribution in [-0.4, -0.2) is 19.4 Å². The van der Waals surface area contributed by atoms with Gasteiger partial charge in [-0.1, -0.05) is 48.0 Å². The highest BCUT2D eigenvalue weighted by molar-refractivity contribution is 6.31. The van der Waals surface area contributed by atoms with E-state index < -0.39 is 12.3 Å². The Balaban J connectivity index is 1.66. The molecule has 0 aliphatic rings. The van der Waals surface area contributed by atoms with Crippen molar-refractivity contribution in [3.8, 4) is 28.7 Å². The van der Waals surface area contributed by atoms with Gasteiger partial charge in [-0.05, 0) is 42.5 Å². The van der Waals surface area contributed by atoms with Crippen LogP contribution in [0.25, 0.3) is 10.8 Å². The lowest BCUT2D eigenvalue weighted by molar-refractivity contribution is 0.148. The summed E-state index contributed by atoms with van der Waals surface area (Å²) in [5.74, 6) is 0.957. The molecule has 0 heterocycles. The third kappa shape index (κ3) is 5.34. The largest absolute Gasteiger partial charge is 0.519 e. The van der Waals surface area contributed by atoms with Gasteiger partial charge in [0.15, 0.2) is 11.5 Å². The van der Waals surface area contributed by atoms with Gasteiger partial charge < -0.3 is 23.7 Å². The number of fused-ring (bicyclic) bond motifs is 1. The van der Waals surface area contributed by atoms with Gasteiger partial charge >= 0.3 is 12.3 Å². The average molecular weight is 465 g/mol. The Kier molecular flexibility index (Phi) is 6.61. The van der Waals surface area contributed by atoms with Crippen LogP contribution in [0.15, 0.2) is 84.9 Å². The average Bonchev–Trinajstić information content (AvgIpc) is 2.81. The van der Waals surface area contributed by atoms with Crippen molar-refractivity contribution in [2.45, 2.75) is 0 Å². The topological polar surface area (TPSA) is 80.3 Å². The summed E-state index contributed by atoms with van der Waals surface area (Å²) in [5.41, 5.74) is 0. The number of benzene rings is 4. The SMILES string of the molecule is COc1cc(OC(=O)Oc2ccccc2)c2cc(Cl)ccc2c1OC(=O)Oc1ccccc1. The van der Waals surface area contributed by atoms with Crippen molar-refractivity contribution in [2.24, 2.45) is 0 Å². The molecular weight excluding hydrogens is 448 g/mol. The van der Waals surface area contributed by atoms with Gasteiger partial charge in [0.2, 0.25) is 0 Å². The monoisotopic (exact) mass is 464 g/mol. The van der Waals surface area contributed by atoms with Gasteiger partial charge in [0, 0.05) is 21.9 Å². The molecule has 4 aromatic rings. The lowest BCUT2D eigenvalue weighted by Crippen LogP contribution is -2.16. The van der Waals surface area contributed by atoms with Gasteiger partial charge in [0.25, 0.3) is 0 Å². The second-order valence-corrected chi connectivity index (χ2v) is 7.07. The molecular formula is C25H17ClO7. The fourth-order valence-corrected chi connectivity index (χ4v) is 3.21. The van der Waals surface area contributed by atoms with Gasteiger partial charge in [0.1, 0.15) is 17.2 Å². The van der Waals surface area contributed by atoms with Gasteiger partial charge in [-0.2, -0.15) is 0 Å². The lowest BCUT2D eigenvalue weighted by atomic mass is 10.1. The number of para-hydroxylation sites is 2. The van der Waals surface area contributed by atoms with E-state index in [2.05, 4.69) is 0 Å². The highest BCUT2D eigenvalue weighted by Gasteiger charge is 2.21. The molecule has 0 saturated carbocycles. The minimum absolute atomic E-state index is 0.0777. The quantitative estimate of drug-likeness (QED) is 0.241. The molecule has 0 bridgehead atoms. The van der Waals surface area contributed by atoms with Crippen LogP contribution in [0.2, 0.25) is 5.02 Å². The maximum absolute atomic E-state index is 12.4. The molecule has 0 saturated heterocycles. The van der Waals surface area contributed by atoms with Crippen molar-refractivity contribution in [2.75, 3.05) is 7.11 Å². The Morgan fingerprint density at radius 1 is 0.636 bits per heavy atom. The van der Waals surface area contributed by atoms with Gasteiger partial charge in [-0.15, -0.1) is 0 Å². The minimum Gasteiger partial charge on any atom is -0.493 e. The van der Waals surface area contributed by atoms with Crippen molar-refractivity contribution >= 4 is 34.7 Å². The number of ether oxygens (including phenoxy) is 5. The number of hydrogen-bond acceptors (Lipinski definition) is 7. The van der Waals surface area contributed by atoms with E-state index in [0.29, 0.717) is 27.3 Å². The first-order valence-corrected chi connectivity index (χ1v) is 10.1. The zero-order chi connectivity index (χ0) is 23.2. The van der Waals surface area contributed by atoms with E-state index in [1.807, 2.05) is 0 Å². The predicted octanol–water partition coefficient (Wildman–Crippen LogP) is 6.66. The Morgan fingerprint density at radius 2 is 1.21 bits per heavy atom. The summed E-state index contributed by atoms with van der Waals surface area (Å²) in [7, 11) is 1.39. The summed E-state index contributed by atoms with van der Waals surface area (Å²) < 4.78 is 26.6. The van der Waals surface area contributed by atoms with Crippen LogP contribution >= 0.6 is 11.6 Å². The molecule has 0 N–H and O–H groups in total. The van der Waals surface area contributed by atoms with E-state index in [-0.39, 0.29) is 17.2 Å². The first kappa shape index (κ1) is 22.0. The summed E-state index contributed by atoms with van der Waals surface area (Å²) in [4.78, 5) is 24.7. The fourth-order valence-electron chi connectivity index (χ4n) is 3.04. The second kappa shape index (κ2) is 9.93. The first-order valence-electron chi connectivity index (χ1n) is 9.73. The summed E-state index contributed by atoms with van der Waals surface area (Å²) in [6.07, 6.45) is -1.92. The number of carbonyl (C=O) groups is 2. The molecule has 0 unspecified atom stereocenters. The molecule has 0 atom stereocenters. The number of methoxy groups -OCH3 is 1. The Bertz CT molecular complexity index is 1290. The summed E-state index contributed by atoms with van der Waals surface area (Å²) in [6, 6.07) is 23.1. The Hall–Kier alpha value is -4.23. The molecule has 0 fully saturated rings. The molecule has 0 aliphatic carbocycles. The van der Waals surface area contributed by atoms with Crippen molar-refractivity contribution in [1.29, 1.82) is 0 Å². The molecule has 0 aromatic heterocycles. The van der Waals surface area contributed by atoms with E-state index >= 15 is 0 Å². The fraction of sp³-hybridized carbons (Fsp3) is 0.0400. The molecule has 166 valence electrons. The molecule has 4 aromatic carbocycles. The van der Waals surface area contributed by atoms with Crippen molar-refractivity contribution < 1.29 is 33.3 Å².